The first kappa shape index (κ1) is 12.4. The summed E-state index contributed by atoms with van der Waals surface area (Å²) in [5.74, 6) is 1.67. The first-order chi connectivity index (χ1) is 9.25. The molecule has 0 radical (unpaired) electrons. The highest BCUT2D eigenvalue weighted by Crippen LogP contribution is 2.26. The van der Waals surface area contributed by atoms with Gasteiger partial charge in [-0.2, -0.15) is 0 Å². The van der Waals surface area contributed by atoms with Crippen molar-refractivity contribution in [2.24, 2.45) is 18.0 Å². The summed E-state index contributed by atoms with van der Waals surface area (Å²) < 4.78 is 2.12. The first-order valence-electron chi connectivity index (χ1n) is 7.20. The Labute approximate surface area is 114 Å². The number of aryl methyl sites for hydroxylation is 1. The van der Waals surface area contributed by atoms with Gasteiger partial charge in [0.15, 0.2) is 5.82 Å². The molecule has 0 bridgehead atoms. The largest absolute Gasteiger partial charge is 0.326 e. The van der Waals surface area contributed by atoms with Gasteiger partial charge in [-0.25, -0.2) is 4.98 Å². The zero-order valence-corrected chi connectivity index (χ0v) is 11.7. The number of aliphatic imine (C=N–C) groups is 1. The van der Waals surface area contributed by atoms with Crippen LogP contribution in [0.5, 0.6) is 0 Å². The number of aromatic nitrogens is 2. The lowest BCUT2D eigenvalue weighted by Crippen LogP contribution is -2.20. The third-order valence-corrected chi connectivity index (χ3v) is 4.27. The molecule has 0 saturated heterocycles. The van der Waals surface area contributed by atoms with E-state index in [2.05, 4.69) is 35.7 Å². The van der Waals surface area contributed by atoms with E-state index >= 15 is 0 Å². The van der Waals surface area contributed by atoms with Crippen molar-refractivity contribution in [1.82, 2.24) is 9.55 Å². The number of rotatable bonds is 2. The van der Waals surface area contributed by atoms with Crippen LogP contribution >= 0.6 is 0 Å². The van der Waals surface area contributed by atoms with Gasteiger partial charge in [-0.1, -0.05) is 31.9 Å². The van der Waals surface area contributed by atoms with E-state index in [-0.39, 0.29) is 0 Å². The van der Waals surface area contributed by atoms with Gasteiger partial charge < -0.3 is 4.57 Å². The third-order valence-electron chi connectivity index (χ3n) is 4.27. The lowest BCUT2D eigenvalue weighted by molar-refractivity contribution is 0.333. The second-order valence-corrected chi connectivity index (χ2v) is 5.62. The van der Waals surface area contributed by atoms with Crippen LogP contribution in [0.2, 0.25) is 0 Å². The molecule has 2 aromatic rings. The van der Waals surface area contributed by atoms with Crippen molar-refractivity contribution in [2.45, 2.75) is 38.6 Å². The van der Waals surface area contributed by atoms with Gasteiger partial charge in [0, 0.05) is 7.05 Å². The maximum Gasteiger partial charge on any atom is 0.151 e. The predicted molar refractivity (Wildman–Crippen MR) is 79.7 cm³/mol. The predicted octanol–water partition coefficient (Wildman–Crippen LogP) is 3.57. The Hall–Kier alpha value is -1.64. The molecule has 2 atom stereocenters. The van der Waals surface area contributed by atoms with E-state index in [9.17, 15) is 0 Å². The molecular formula is C16H21N3. The van der Waals surface area contributed by atoms with Gasteiger partial charge >= 0.3 is 0 Å². The van der Waals surface area contributed by atoms with E-state index < -0.39 is 0 Å². The normalized spacial score (nSPS) is 24.3. The molecule has 0 N–H and O–H groups in total. The summed E-state index contributed by atoms with van der Waals surface area (Å²) in [5, 5.41) is 0. The number of nitrogens with zero attached hydrogens (tertiary/aromatic N) is 3. The average molecular weight is 255 g/mol. The van der Waals surface area contributed by atoms with Crippen LogP contribution in [0.25, 0.3) is 11.0 Å². The SMILES string of the molecule is CC1CCCCC1N=Cc1nc2ccccc2n1C. The zero-order chi connectivity index (χ0) is 13.2. The standard InChI is InChI=1S/C16H21N3/c1-12-7-3-4-8-13(12)17-11-16-18-14-9-5-6-10-15(14)19(16)2/h5-6,9-13H,3-4,7-8H2,1-2H3. The second-order valence-electron chi connectivity index (χ2n) is 5.62. The molecule has 3 nitrogen and oxygen atoms in total. The fourth-order valence-corrected chi connectivity index (χ4v) is 2.96. The van der Waals surface area contributed by atoms with E-state index in [0.29, 0.717) is 12.0 Å². The van der Waals surface area contributed by atoms with Gasteiger partial charge in [-0.05, 0) is 30.9 Å². The molecule has 0 aliphatic heterocycles. The van der Waals surface area contributed by atoms with Crippen molar-refractivity contribution < 1.29 is 0 Å². The average Bonchev–Trinajstić information content (AvgIpc) is 2.75. The lowest BCUT2D eigenvalue weighted by Gasteiger charge is -2.25. The van der Waals surface area contributed by atoms with Crippen LogP contribution in [0.1, 0.15) is 38.4 Å². The van der Waals surface area contributed by atoms with Crippen molar-refractivity contribution in [1.29, 1.82) is 0 Å². The third kappa shape index (κ3) is 2.42. The van der Waals surface area contributed by atoms with Gasteiger partial charge in [0.05, 0.1) is 23.3 Å². The Morgan fingerprint density at radius 2 is 2.05 bits per heavy atom. The molecule has 1 aliphatic rings. The summed E-state index contributed by atoms with van der Waals surface area (Å²) in [5.41, 5.74) is 2.21. The van der Waals surface area contributed by atoms with E-state index in [1.54, 1.807) is 0 Å². The van der Waals surface area contributed by atoms with Crippen molar-refractivity contribution in [3.05, 3.63) is 30.1 Å². The summed E-state index contributed by atoms with van der Waals surface area (Å²) in [6, 6.07) is 8.71. The number of benzene rings is 1. The Morgan fingerprint density at radius 3 is 2.84 bits per heavy atom. The van der Waals surface area contributed by atoms with Crippen LogP contribution < -0.4 is 0 Å². The van der Waals surface area contributed by atoms with E-state index in [1.165, 1.54) is 31.2 Å². The Balaban J connectivity index is 1.86. The van der Waals surface area contributed by atoms with Gasteiger partial charge in [-0.15, -0.1) is 0 Å². The van der Waals surface area contributed by atoms with Crippen LogP contribution in [0.4, 0.5) is 0 Å². The molecule has 1 saturated carbocycles. The first-order valence-corrected chi connectivity index (χ1v) is 7.20. The minimum Gasteiger partial charge on any atom is -0.326 e. The molecule has 3 rings (SSSR count). The quantitative estimate of drug-likeness (QED) is 0.754. The topological polar surface area (TPSA) is 30.2 Å². The highest BCUT2D eigenvalue weighted by atomic mass is 15.1. The summed E-state index contributed by atoms with van der Waals surface area (Å²) in [7, 11) is 2.06. The van der Waals surface area contributed by atoms with Crippen molar-refractivity contribution in [3.63, 3.8) is 0 Å². The van der Waals surface area contributed by atoms with E-state index in [0.717, 1.165) is 11.3 Å². The van der Waals surface area contributed by atoms with E-state index in [1.807, 2.05) is 18.3 Å². The van der Waals surface area contributed by atoms with Gasteiger partial charge in [0.1, 0.15) is 0 Å². The molecular weight excluding hydrogens is 234 g/mol. The number of hydrogen-bond donors (Lipinski definition) is 0. The van der Waals surface area contributed by atoms with Crippen molar-refractivity contribution in [2.75, 3.05) is 0 Å². The Kier molecular flexibility index (Phi) is 3.36. The zero-order valence-electron chi connectivity index (χ0n) is 11.7. The van der Waals surface area contributed by atoms with Gasteiger partial charge in [-0.3, -0.25) is 4.99 Å². The molecule has 0 spiro atoms. The maximum atomic E-state index is 4.78. The smallest absolute Gasteiger partial charge is 0.151 e. The minimum absolute atomic E-state index is 0.480. The fourth-order valence-electron chi connectivity index (χ4n) is 2.96. The number of imidazole rings is 1. The summed E-state index contributed by atoms with van der Waals surface area (Å²) >= 11 is 0. The van der Waals surface area contributed by atoms with E-state index in [4.69, 9.17) is 4.99 Å². The summed E-state index contributed by atoms with van der Waals surface area (Å²) in [6.07, 6.45) is 7.17. The minimum atomic E-state index is 0.480. The van der Waals surface area contributed by atoms with Crippen LogP contribution in [0.3, 0.4) is 0 Å². The van der Waals surface area contributed by atoms with Gasteiger partial charge in [0.2, 0.25) is 0 Å². The highest BCUT2D eigenvalue weighted by molar-refractivity contribution is 5.84. The molecule has 0 amide bonds. The summed E-state index contributed by atoms with van der Waals surface area (Å²) in [4.78, 5) is 9.42. The van der Waals surface area contributed by atoms with Crippen molar-refractivity contribution >= 4 is 17.2 Å². The summed E-state index contributed by atoms with van der Waals surface area (Å²) in [6.45, 7) is 2.32. The maximum absolute atomic E-state index is 4.78. The van der Waals surface area contributed by atoms with Crippen LogP contribution in [-0.4, -0.2) is 21.8 Å². The van der Waals surface area contributed by atoms with Gasteiger partial charge in [0.25, 0.3) is 0 Å². The van der Waals surface area contributed by atoms with Crippen molar-refractivity contribution in [3.8, 4) is 0 Å². The Morgan fingerprint density at radius 1 is 1.26 bits per heavy atom. The van der Waals surface area contributed by atoms with Crippen LogP contribution in [0, 0.1) is 5.92 Å². The number of para-hydroxylation sites is 2. The second kappa shape index (κ2) is 5.16. The molecule has 19 heavy (non-hydrogen) atoms. The molecule has 2 unspecified atom stereocenters. The fraction of sp³-hybridized carbons (Fsp3) is 0.500. The van der Waals surface area contributed by atoms with Crippen LogP contribution in [-0.2, 0) is 7.05 Å². The molecule has 100 valence electrons. The molecule has 3 heteroatoms. The molecule has 1 heterocycles. The lowest BCUT2D eigenvalue weighted by atomic mass is 9.86. The number of fused-ring (bicyclic) bond motifs is 1. The van der Waals surface area contributed by atoms with Crippen LogP contribution in [0.15, 0.2) is 29.3 Å². The molecule has 1 aromatic heterocycles. The monoisotopic (exact) mass is 255 g/mol. The molecule has 1 fully saturated rings. The number of hydrogen-bond acceptors (Lipinski definition) is 2. The molecule has 1 aromatic carbocycles. The highest BCUT2D eigenvalue weighted by Gasteiger charge is 2.19. The Bertz CT molecular complexity index is 597. The molecule has 1 aliphatic carbocycles.